The van der Waals surface area contributed by atoms with Crippen LogP contribution >= 0.6 is 0 Å². The van der Waals surface area contributed by atoms with Gasteiger partial charge in [-0.15, -0.1) is 0 Å². The first kappa shape index (κ1) is 20.3. The minimum atomic E-state index is -0.214. The highest BCUT2D eigenvalue weighted by Gasteiger charge is 2.15. The van der Waals surface area contributed by atoms with E-state index in [4.69, 9.17) is 4.74 Å². The summed E-state index contributed by atoms with van der Waals surface area (Å²) in [5.41, 5.74) is 2.02. The fourth-order valence-corrected chi connectivity index (χ4v) is 2.69. The van der Waals surface area contributed by atoms with Gasteiger partial charge in [-0.1, -0.05) is 37.3 Å². The van der Waals surface area contributed by atoms with E-state index in [1.54, 1.807) is 6.07 Å². The molecule has 6 nitrogen and oxygen atoms in total. The van der Waals surface area contributed by atoms with Gasteiger partial charge in [0.15, 0.2) is 5.82 Å². The normalized spacial score (nSPS) is 11.6. The van der Waals surface area contributed by atoms with E-state index in [1.165, 1.54) is 0 Å². The van der Waals surface area contributed by atoms with E-state index < -0.39 is 0 Å². The fraction of sp³-hybridized carbons (Fsp3) is 0.261. The van der Waals surface area contributed by atoms with E-state index in [0.717, 1.165) is 23.4 Å². The number of hydrogen-bond acceptors (Lipinski definition) is 5. The van der Waals surface area contributed by atoms with E-state index in [1.807, 2.05) is 75.4 Å². The molecule has 3 aromatic rings. The zero-order valence-corrected chi connectivity index (χ0v) is 17.0. The number of nitrogens with one attached hydrogen (secondary N) is 2. The Morgan fingerprint density at radius 3 is 2.41 bits per heavy atom. The first-order valence-corrected chi connectivity index (χ1v) is 9.84. The number of nitrogens with zero attached hydrogens (tertiary/aromatic N) is 2. The van der Waals surface area contributed by atoms with Gasteiger partial charge in [-0.3, -0.25) is 4.79 Å². The van der Waals surface area contributed by atoms with Gasteiger partial charge >= 0.3 is 0 Å². The van der Waals surface area contributed by atoms with Gasteiger partial charge in [-0.2, -0.15) is 0 Å². The third-order valence-corrected chi connectivity index (χ3v) is 4.42. The van der Waals surface area contributed by atoms with Crippen LogP contribution in [-0.4, -0.2) is 28.5 Å². The Kier molecular flexibility index (Phi) is 6.79. The number of anilines is 2. The van der Waals surface area contributed by atoms with Crippen molar-refractivity contribution in [3.8, 4) is 17.1 Å². The molecule has 0 saturated heterocycles. The average molecular weight is 390 g/mol. The lowest BCUT2D eigenvalue weighted by Gasteiger charge is -2.13. The second-order valence-corrected chi connectivity index (χ2v) is 6.69. The zero-order chi connectivity index (χ0) is 20.6. The van der Waals surface area contributed by atoms with Crippen LogP contribution in [0.3, 0.4) is 0 Å². The molecule has 0 aliphatic carbocycles. The van der Waals surface area contributed by atoms with Gasteiger partial charge in [-0.25, -0.2) is 9.97 Å². The molecule has 0 fully saturated rings. The van der Waals surface area contributed by atoms with Crippen molar-refractivity contribution >= 4 is 17.4 Å². The first-order chi connectivity index (χ1) is 14.1. The van der Waals surface area contributed by atoms with E-state index in [0.29, 0.717) is 23.9 Å². The molecule has 0 saturated carbocycles. The third-order valence-electron chi connectivity index (χ3n) is 4.42. The summed E-state index contributed by atoms with van der Waals surface area (Å²) in [5, 5.41) is 6.22. The molecule has 2 N–H and O–H groups in total. The van der Waals surface area contributed by atoms with Gasteiger partial charge in [0.2, 0.25) is 0 Å². The predicted molar refractivity (Wildman–Crippen MR) is 116 cm³/mol. The molecule has 0 aliphatic rings. The van der Waals surface area contributed by atoms with Crippen molar-refractivity contribution in [3.63, 3.8) is 0 Å². The Bertz CT molecular complexity index is 943. The van der Waals surface area contributed by atoms with Crippen molar-refractivity contribution < 1.29 is 9.53 Å². The first-order valence-electron chi connectivity index (χ1n) is 9.84. The summed E-state index contributed by atoms with van der Waals surface area (Å²) >= 11 is 0. The summed E-state index contributed by atoms with van der Waals surface area (Å²) in [6.45, 7) is 6.56. The molecule has 1 aromatic heterocycles. The van der Waals surface area contributed by atoms with Crippen LogP contribution in [0.25, 0.3) is 11.4 Å². The molecule has 1 heterocycles. The average Bonchev–Trinajstić information content (AvgIpc) is 2.75. The quantitative estimate of drug-likeness (QED) is 0.577. The lowest BCUT2D eigenvalue weighted by molar-refractivity contribution is 0.0934. The smallest absolute Gasteiger partial charge is 0.270 e. The Morgan fingerprint density at radius 2 is 1.76 bits per heavy atom. The lowest BCUT2D eigenvalue weighted by Crippen LogP contribution is -2.32. The summed E-state index contributed by atoms with van der Waals surface area (Å²) in [6.07, 6.45) is 0.847. The van der Waals surface area contributed by atoms with Crippen LogP contribution in [0, 0.1) is 0 Å². The summed E-state index contributed by atoms with van der Waals surface area (Å²) < 4.78 is 5.48. The molecule has 0 spiro atoms. The number of benzene rings is 2. The van der Waals surface area contributed by atoms with Crippen LogP contribution in [0.15, 0.2) is 60.7 Å². The summed E-state index contributed by atoms with van der Waals surface area (Å²) in [6, 6.07) is 19.0. The number of amides is 1. The molecule has 2 aromatic carbocycles. The fourth-order valence-electron chi connectivity index (χ4n) is 2.69. The van der Waals surface area contributed by atoms with Crippen LogP contribution in [0.5, 0.6) is 5.75 Å². The molecule has 150 valence electrons. The standard InChI is InChI=1S/C23H26N4O2/c1-4-16(3)24-23(28)20-15-21(25-18-11-13-19(14-12-18)29-5-2)27-22(26-20)17-9-7-6-8-10-17/h6-16H,4-5H2,1-3H3,(H,24,28)(H,25,26,27). The SMILES string of the molecule is CCOc1ccc(Nc2cc(C(=O)NC(C)CC)nc(-c3ccccc3)n2)cc1. The van der Waals surface area contributed by atoms with Crippen molar-refractivity contribution in [1.82, 2.24) is 15.3 Å². The number of ether oxygens (including phenoxy) is 1. The maximum absolute atomic E-state index is 12.7. The number of hydrogen-bond donors (Lipinski definition) is 2. The van der Waals surface area contributed by atoms with Gasteiger partial charge in [0.25, 0.3) is 5.91 Å². The van der Waals surface area contributed by atoms with Crippen molar-refractivity contribution in [3.05, 3.63) is 66.4 Å². The van der Waals surface area contributed by atoms with Crippen LogP contribution in [0.2, 0.25) is 0 Å². The molecule has 1 atom stereocenters. The molecule has 0 bridgehead atoms. The summed E-state index contributed by atoms with van der Waals surface area (Å²) in [7, 11) is 0. The molecule has 1 unspecified atom stereocenters. The van der Waals surface area contributed by atoms with E-state index in [2.05, 4.69) is 20.6 Å². The van der Waals surface area contributed by atoms with Crippen LogP contribution in [0.1, 0.15) is 37.7 Å². The minimum absolute atomic E-state index is 0.0696. The van der Waals surface area contributed by atoms with Crippen molar-refractivity contribution in [2.24, 2.45) is 0 Å². The van der Waals surface area contributed by atoms with Gasteiger partial charge in [-0.05, 0) is 44.5 Å². The van der Waals surface area contributed by atoms with E-state index in [9.17, 15) is 4.79 Å². The lowest BCUT2D eigenvalue weighted by atomic mass is 10.2. The molecular weight excluding hydrogens is 364 g/mol. The molecule has 3 rings (SSSR count). The second kappa shape index (κ2) is 9.68. The van der Waals surface area contributed by atoms with Gasteiger partial charge < -0.3 is 15.4 Å². The van der Waals surface area contributed by atoms with Crippen molar-refractivity contribution in [2.75, 3.05) is 11.9 Å². The van der Waals surface area contributed by atoms with Crippen LogP contribution < -0.4 is 15.4 Å². The molecule has 1 amide bonds. The molecule has 29 heavy (non-hydrogen) atoms. The van der Waals surface area contributed by atoms with Crippen LogP contribution in [-0.2, 0) is 0 Å². The Morgan fingerprint density at radius 1 is 1.03 bits per heavy atom. The summed E-state index contributed by atoms with van der Waals surface area (Å²) in [4.78, 5) is 21.8. The molecule has 0 aliphatic heterocycles. The Balaban J connectivity index is 1.92. The molecular formula is C23H26N4O2. The van der Waals surface area contributed by atoms with Crippen LogP contribution in [0.4, 0.5) is 11.5 Å². The number of carbonyl (C=O) groups excluding carboxylic acids is 1. The number of carbonyl (C=O) groups is 1. The second-order valence-electron chi connectivity index (χ2n) is 6.69. The summed E-state index contributed by atoms with van der Waals surface area (Å²) in [5.74, 6) is 1.64. The van der Waals surface area contributed by atoms with E-state index in [-0.39, 0.29) is 11.9 Å². The monoisotopic (exact) mass is 390 g/mol. The Labute approximate surface area is 171 Å². The highest BCUT2D eigenvalue weighted by Crippen LogP contribution is 2.22. The van der Waals surface area contributed by atoms with Crippen molar-refractivity contribution in [1.29, 1.82) is 0 Å². The molecule has 6 heteroatoms. The zero-order valence-electron chi connectivity index (χ0n) is 17.0. The van der Waals surface area contributed by atoms with Crippen molar-refractivity contribution in [2.45, 2.75) is 33.2 Å². The third kappa shape index (κ3) is 5.54. The van der Waals surface area contributed by atoms with E-state index >= 15 is 0 Å². The predicted octanol–water partition coefficient (Wildman–Crippen LogP) is 4.81. The Hall–Kier alpha value is -3.41. The minimum Gasteiger partial charge on any atom is -0.494 e. The highest BCUT2D eigenvalue weighted by atomic mass is 16.5. The van der Waals surface area contributed by atoms with Gasteiger partial charge in [0.05, 0.1) is 6.61 Å². The topological polar surface area (TPSA) is 76.1 Å². The highest BCUT2D eigenvalue weighted by molar-refractivity contribution is 5.93. The number of aromatic nitrogens is 2. The largest absolute Gasteiger partial charge is 0.494 e. The number of rotatable bonds is 8. The molecule has 0 radical (unpaired) electrons. The van der Waals surface area contributed by atoms with Gasteiger partial charge in [0, 0.05) is 23.4 Å². The van der Waals surface area contributed by atoms with Gasteiger partial charge in [0.1, 0.15) is 17.3 Å². The maximum atomic E-state index is 12.7. The maximum Gasteiger partial charge on any atom is 0.270 e.